The Morgan fingerprint density at radius 3 is 2.71 bits per heavy atom. The van der Waals surface area contributed by atoms with E-state index in [1.165, 1.54) is 0 Å². The number of hydrogen-bond acceptors (Lipinski definition) is 4. The summed E-state index contributed by atoms with van der Waals surface area (Å²) in [6.07, 6.45) is 1.02. The Kier molecular flexibility index (Phi) is 3.51. The number of aliphatic hydroxyl groups is 1. The maximum Gasteiger partial charge on any atom is 0.134 e. The van der Waals surface area contributed by atoms with Crippen LogP contribution >= 0.6 is 0 Å². The Balaban J connectivity index is 2.22. The minimum atomic E-state index is -0.864. The second-order valence-electron chi connectivity index (χ2n) is 4.44. The fourth-order valence-corrected chi connectivity index (χ4v) is 2.19. The van der Waals surface area contributed by atoms with Crippen LogP contribution in [0.4, 0.5) is 0 Å². The molecule has 2 rings (SSSR count). The minimum Gasteiger partial charge on any atom is -0.463 e. The highest BCUT2D eigenvalue weighted by Gasteiger charge is 2.42. The predicted octanol–water partition coefficient (Wildman–Crippen LogP) is 2.20. The van der Waals surface area contributed by atoms with Crippen molar-refractivity contribution in [2.75, 3.05) is 13.2 Å². The molecular formula is C13H17NO3. The molecule has 1 aromatic rings. The first-order valence-electron chi connectivity index (χ1n) is 5.97. The second kappa shape index (κ2) is 4.91. The van der Waals surface area contributed by atoms with Gasteiger partial charge >= 0.3 is 0 Å². The van der Waals surface area contributed by atoms with E-state index >= 15 is 0 Å². The molecule has 1 saturated heterocycles. The van der Waals surface area contributed by atoms with Crippen LogP contribution < -0.4 is 0 Å². The monoisotopic (exact) mass is 235 g/mol. The molecule has 1 N–H and O–H groups in total. The first-order valence-corrected chi connectivity index (χ1v) is 5.97. The van der Waals surface area contributed by atoms with Crippen molar-refractivity contribution in [3.05, 3.63) is 23.7 Å². The zero-order chi connectivity index (χ0) is 12.3. The molecule has 0 aliphatic carbocycles. The van der Waals surface area contributed by atoms with Crippen LogP contribution in [0.2, 0.25) is 0 Å². The quantitative estimate of drug-likeness (QED) is 0.872. The first kappa shape index (κ1) is 12.2. The van der Waals surface area contributed by atoms with Crippen molar-refractivity contribution in [3.8, 4) is 6.07 Å². The van der Waals surface area contributed by atoms with Crippen LogP contribution in [0, 0.1) is 16.7 Å². The van der Waals surface area contributed by atoms with Gasteiger partial charge in [-0.2, -0.15) is 5.26 Å². The molecule has 1 aromatic heterocycles. The standard InChI is InChI=1S/C13H17NO3/c1-2-10-3-4-11(17-10)12(15)13(9-14)5-7-16-8-6-13/h3-4,12,15H,2,5-8H2,1H3. The molecule has 1 unspecified atom stereocenters. The smallest absolute Gasteiger partial charge is 0.134 e. The van der Waals surface area contributed by atoms with Crippen molar-refractivity contribution in [1.82, 2.24) is 0 Å². The summed E-state index contributed by atoms with van der Waals surface area (Å²) in [7, 11) is 0. The normalized spacial score (nSPS) is 20.8. The van der Waals surface area contributed by atoms with Gasteiger partial charge in [-0.15, -0.1) is 0 Å². The van der Waals surface area contributed by atoms with Crippen molar-refractivity contribution in [3.63, 3.8) is 0 Å². The number of aliphatic hydroxyl groups excluding tert-OH is 1. The fraction of sp³-hybridized carbons (Fsp3) is 0.615. The van der Waals surface area contributed by atoms with Gasteiger partial charge < -0.3 is 14.3 Å². The summed E-state index contributed by atoms with van der Waals surface area (Å²) in [6, 6.07) is 5.87. The average Bonchev–Trinajstić information content (AvgIpc) is 2.87. The van der Waals surface area contributed by atoms with Crippen LogP contribution in [0.5, 0.6) is 0 Å². The topological polar surface area (TPSA) is 66.4 Å². The summed E-state index contributed by atoms with van der Waals surface area (Å²) in [5.41, 5.74) is -0.763. The molecule has 0 spiro atoms. The predicted molar refractivity (Wildman–Crippen MR) is 61.1 cm³/mol. The molecule has 4 heteroatoms. The van der Waals surface area contributed by atoms with E-state index in [9.17, 15) is 10.4 Å². The summed E-state index contributed by atoms with van der Waals surface area (Å²) in [5, 5.41) is 19.7. The lowest BCUT2D eigenvalue weighted by Crippen LogP contribution is -2.34. The zero-order valence-electron chi connectivity index (χ0n) is 9.98. The number of nitrogens with zero attached hydrogens (tertiary/aromatic N) is 1. The Labute approximate surface area is 101 Å². The zero-order valence-corrected chi connectivity index (χ0v) is 9.98. The van der Waals surface area contributed by atoms with Gasteiger partial charge in [0.15, 0.2) is 0 Å². The van der Waals surface area contributed by atoms with Crippen LogP contribution in [-0.4, -0.2) is 18.3 Å². The van der Waals surface area contributed by atoms with Gasteiger partial charge in [-0.1, -0.05) is 6.92 Å². The molecule has 0 aromatic carbocycles. The molecule has 0 saturated carbocycles. The lowest BCUT2D eigenvalue weighted by Gasteiger charge is -2.33. The summed E-state index contributed by atoms with van der Waals surface area (Å²) < 4.78 is 10.8. The molecule has 0 amide bonds. The number of ether oxygens (including phenoxy) is 1. The fourth-order valence-electron chi connectivity index (χ4n) is 2.19. The van der Waals surface area contributed by atoms with E-state index < -0.39 is 11.5 Å². The van der Waals surface area contributed by atoms with Crippen molar-refractivity contribution >= 4 is 0 Å². The van der Waals surface area contributed by atoms with Crippen molar-refractivity contribution in [1.29, 1.82) is 5.26 Å². The first-order chi connectivity index (χ1) is 8.22. The lowest BCUT2D eigenvalue weighted by molar-refractivity contribution is -0.0394. The van der Waals surface area contributed by atoms with E-state index in [-0.39, 0.29) is 0 Å². The Bertz CT molecular complexity index is 413. The highest BCUT2D eigenvalue weighted by molar-refractivity contribution is 5.17. The largest absolute Gasteiger partial charge is 0.463 e. The average molecular weight is 235 g/mol. The molecule has 1 aliphatic rings. The molecule has 92 valence electrons. The number of rotatable bonds is 3. The summed E-state index contributed by atoms with van der Waals surface area (Å²) >= 11 is 0. The van der Waals surface area contributed by atoms with Crippen LogP contribution in [0.25, 0.3) is 0 Å². The number of nitriles is 1. The van der Waals surface area contributed by atoms with Gasteiger partial charge in [0.25, 0.3) is 0 Å². The summed E-state index contributed by atoms with van der Waals surface area (Å²) in [6.45, 7) is 3.03. The maximum absolute atomic E-state index is 10.3. The highest BCUT2D eigenvalue weighted by atomic mass is 16.5. The summed E-state index contributed by atoms with van der Waals surface area (Å²) in [4.78, 5) is 0. The molecule has 1 atom stereocenters. The van der Waals surface area contributed by atoms with Crippen molar-refractivity contribution < 1.29 is 14.3 Å². The molecule has 4 nitrogen and oxygen atoms in total. The highest BCUT2D eigenvalue weighted by Crippen LogP contribution is 2.42. The van der Waals surface area contributed by atoms with Crippen LogP contribution in [-0.2, 0) is 11.2 Å². The Morgan fingerprint density at radius 1 is 1.47 bits per heavy atom. The number of hydrogen-bond donors (Lipinski definition) is 1. The van der Waals surface area contributed by atoms with Gasteiger partial charge in [0.1, 0.15) is 17.6 Å². The van der Waals surface area contributed by atoms with Crippen LogP contribution in [0.3, 0.4) is 0 Å². The van der Waals surface area contributed by atoms with E-state index in [1.807, 2.05) is 13.0 Å². The van der Waals surface area contributed by atoms with Crippen molar-refractivity contribution in [2.45, 2.75) is 32.3 Å². The number of aryl methyl sites for hydroxylation is 1. The third-order valence-electron chi connectivity index (χ3n) is 3.43. The van der Waals surface area contributed by atoms with Crippen molar-refractivity contribution in [2.24, 2.45) is 5.41 Å². The second-order valence-corrected chi connectivity index (χ2v) is 4.44. The third kappa shape index (κ3) is 2.21. The van der Waals surface area contributed by atoms with E-state index in [1.54, 1.807) is 6.07 Å². The third-order valence-corrected chi connectivity index (χ3v) is 3.43. The molecule has 0 radical (unpaired) electrons. The lowest BCUT2D eigenvalue weighted by atomic mass is 9.76. The minimum absolute atomic E-state index is 0.491. The number of furan rings is 1. The van der Waals surface area contributed by atoms with E-state index in [2.05, 4.69) is 6.07 Å². The van der Waals surface area contributed by atoms with Gasteiger partial charge in [0.05, 0.1) is 11.5 Å². The Morgan fingerprint density at radius 2 is 2.18 bits per heavy atom. The van der Waals surface area contributed by atoms with Gasteiger partial charge in [-0.05, 0) is 25.0 Å². The SMILES string of the molecule is CCc1ccc(C(O)C2(C#N)CCOCC2)o1. The molecule has 1 aliphatic heterocycles. The van der Waals surface area contributed by atoms with Gasteiger partial charge in [0.2, 0.25) is 0 Å². The molecule has 2 heterocycles. The van der Waals surface area contributed by atoms with Gasteiger partial charge in [-0.3, -0.25) is 0 Å². The summed E-state index contributed by atoms with van der Waals surface area (Å²) in [5.74, 6) is 1.32. The van der Waals surface area contributed by atoms with E-state index in [0.29, 0.717) is 31.8 Å². The molecule has 17 heavy (non-hydrogen) atoms. The van der Waals surface area contributed by atoms with E-state index in [4.69, 9.17) is 9.15 Å². The van der Waals surface area contributed by atoms with Crippen LogP contribution in [0.15, 0.2) is 16.5 Å². The maximum atomic E-state index is 10.3. The van der Waals surface area contributed by atoms with Gasteiger partial charge in [0, 0.05) is 19.6 Å². The van der Waals surface area contributed by atoms with E-state index in [0.717, 1.165) is 12.2 Å². The molecule has 1 fully saturated rings. The van der Waals surface area contributed by atoms with Crippen LogP contribution in [0.1, 0.15) is 37.4 Å². The van der Waals surface area contributed by atoms with Gasteiger partial charge in [-0.25, -0.2) is 0 Å². The Hall–Kier alpha value is -1.31. The molecule has 0 bridgehead atoms. The molecular weight excluding hydrogens is 218 g/mol.